The van der Waals surface area contributed by atoms with Gasteiger partial charge in [0.05, 0.1) is 16.2 Å². The maximum atomic E-state index is 13.3. The molecule has 23 heavy (non-hydrogen) atoms. The van der Waals surface area contributed by atoms with Crippen LogP contribution in [0, 0.1) is 11.2 Å². The predicted octanol–water partition coefficient (Wildman–Crippen LogP) is 2.40. The number of halogens is 2. The number of carbonyl (C=O) groups excluding carboxylic acids is 1. The van der Waals surface area contributed by atoms with E-state index in [1.807, 2.05) is 6.92 Å². The largest absolute Gasteiger partial charge is 0.341 e. The molecule has 1 aliphatic heterocycles. The van der Waals surface area contributed by atoms with Crippen LogP contribution in [0.4, 0.5) is 4.39 Å². The van der Waals surface area contributed by atoms with E-state index in [1.165, 1.54) is 18.4 Å². The Kier molecular flexibility index (Phi) is 3.76. The minimum Gasteiger partial charge on any atom is -0.341 e. The average Bonchev–Trinajstić information content (AvgIpc) is 3.18. The summed E-state index contributed by atoms with van der Waals surface area (Å²) in [5, 5.41) is 0.0205. The van der Waals surface area contributed by atoms with Gasteiger partial charge in [0.1, 0.15) is 15.7 Å². The summed E-state index contributed by atoms with van der Waals surface area (Å²) < 4.78 is 36.2. The summed E-state index contributed by atoms with van der Waals surface area (Å²) in [4.78, 5) is 14.5. The molecule has 4 nitrogen and oxygen atoms in total. The van der Waals surface area contributed by atoms with Crippen molar-refractivity contribution in [2.45, 2.75) is 25.2 Å². The van der Waals surface area contributed by atoms with Crippen LogP contribution in [0.15, 0.2) is 18.2 Å². The Balaban J connectivity index is 1.73. The molecule has 0 aromatic heterocycles. The van der Waals surface area contributed by atoms with Gasteiger partial charge in [0.15, 0.2) is 0 Å². The summed E-state index contributed by atoms with van der Waals surface area (Å²) in [6.45, 7) is 2.76. The second-order valence-electron chi connectivity index (χ2n) is 7.25. The van der Waals surface area contributed by atoms with Crippen molar-refractivity contribution in [1.29, 1.82) is 0 Å². The molecule has 1 heterocycles. The maximum Gasteiger partial charge on any atom is 0.233 e. The van der Waals surface area contributed by atoms with Gasteiger partial charge in [-0.2, -0.15) is 0 Å². The Morgan fingerprint density at radius 2 is 1.96 bits per heavy atom. The van der Waals surface area contributed by atoms with Crippen LogP contribution in [0.3, 0.4) is 0 Å². The molecule has 1 saturated heterocycles. The molecule has 1 saturated carbocycles. The van der Waals surface area contributed by atoms with Crippen LogP contribution in [0.5, 0.6) is 0 Å². The second-order valence-corrected chi connectivity index (χ2v) is 9.80. The van der Waals surface area contributed by atoms with Gasteiger partial charge in [0.25, 0.3) is 0 Å². The first-order valence-corrected chi connectivity index (χ1v) is 9.91. The van der Waals surface area contributed by atoms with Crippen LogP contribution < -0.4 is 0 Å². The molecule has 126 valence electrons. The van der Waals surface area contributed by atoms with Crippen LogP contribution >= 0.6 is 11.6 Å². The van der Waals surface area contributed by atoms with Crippen molar-refractivity contribution in [3.63, 3.8) is 0 Å². The van der Waals surface area contributed by atoms with Gasteiger partial charge in [0.2, 0.25) is 5.91 Å². The summed E-state index contributed by atoms with van der Waals surface area (Å²) in [6, 6.07) is 4.42. The molecular weight excluding hydrogens is 341 g/mol. The maximum absolute atomic E-state index is 13.3. The van der Waals surface area contributed by atoms with E-state index in [1.54, 1.807) is 11.0 Å². The van der Waals surface area contributed by atoms with Crippen molar-refractivity contribution < 1.29 is 17.6 Å². The Morgan fingerprint density at radius 1 is 1.35 bits per heavy atom. The third kappa shape index (κ3) is 3.11. The van der Waals surface area contributed by atoms with Crippen LogP contribution in [0.2, 0.25) is 5.02 Å². The SMILES string of the molecule is CC1(CS(C)(=O)=O)CN(C(=O)C2(c3ccc(F)c(Cl)c3)CC2)C1. The van der Waals surface area contributed by atoms with Crippen molar-refractivity contribution >= 4 is 27.3 Å². The first kappa shape index (κ1) is 16.7. The normalized spacial score (nSPS) is 21.7. The molecule has 2 fully saturated rings. The standard InChI is InChI=1S/C16H19ClFNO3S/c1-15(10-23(2,21)22)8-19(9-15)14(20)16(5-6-16)11-3-4-13(18)12(17)7-11/h3-4,7H,5-6,8-10H2,1-2H3. The van der Waals surface area contributed by atoms with Crippen LogP contribution in [0.1, 0.15) is 25.3 Å². The summed E-state index contributed by atoms with van der Waals surface area (Å²) in [5.41, 5.74) is -0.241. The lowest BCUT2D eigenvalue weighted by Crippen LogP contribution is -2.61. The molecular formula is C16H19ClFNO3S. The van der Waals surface area contributed by atoms with Gasteiger partial charge in [0, 0.05) is 24.8 Å². The molecule has 3 rings (SSSR count). The number of rotatable bonds is 4. The molecule has 1 aromatic rings. The smallest absolute Gasteiger partial charge is 0.233 e. The van der Waals surface area contributed by atoms with E-state index in [0.29, 0.717) is 25.9 Å². The molecule has 0 spiro atoms. The predicted molar refractivity (Wildman–Crippen MR) is 86.7 cm³/mol. The number of nitrogens with zero attached hydrogens (tertiary/aromatic N) is 1. The molecule has 0 radical (unpaired) electrons. The highest BCUT2D eigenvalue weighted by molar-refractivity contribution is 7.90. The monoisotopic (exact) mass is 359 g/mol. The number of carbonyl (C=O) groups is 1. The van der Waals surface area contributed by atoms with Crippen molar-refractivity contribution in [3.8, 4) is 0 Å². The molecule has 0 N–H and O–H groups in total. The van der Waals surface area contributed by atoms with Crippen LogP contribution in [0.25, 0.3) is 0 Å². The van der Waals surface area contributed by atoms with Gasteiger partial charge < -0.3 is 4.90 Å². The van der Waals surface area contributed by atoms with E-state index in [2.05, 4.69) is 0 Å². The molecule has 0 atom stereocenters. The lowest BCUT2D eigenvalue weighted by Gasteiger charge is -2.49. The second kappa shape index (κ2) is 5.18. The van der Waals surface area contributed by atoms with Crippen LogP contribution in [-0.4, -0.2) is 44.3 Å². The van der Waals surface area contributed by atoms with Gasteiger partial charge in [-0.25, -0.2) is 12.8 Å². The highest BCUT2D eigenvalue weighted by Crippen LogP contribution is 2.51. The lowest BCUT2D eigenvalue weighted by atomic mass is 9.82. The fourth-order valence-electron chi connectivity index (χ4n) is 3.59. The van der Waals surface area contributed by atoms with Crippen molar-refractivity contribution in [3.05, 3.63) is 34.6 Å². The Morgan fingerprint density at radius 3 is 2.43 bits per heavy atom. The zero-order valence-corrected chi connectivity index (χ0v) is 14.7. The molecule has 2 aliphatic rings. The first-order valence-electron chi connectivity index (χ1n) is 7.47. The Labute approximate surface area is 140 Å². The Hall–Kier alpha value is -1.14. The highest BCUT2D eigenvalue weighted by atomic mass is 35.5. The zero-order chi connectivity index (χ0) is 17.0. The van der Waals surface area contributed by atoms with Gasteiger partial charge in [-0.05, 0) is 30.5 Å². The summed E-state index contributed by atoms with van der Waals surface area (Å²) >= 11 is 5.83. The minimum absolute atomic E-state index is 0.00819. The lowest BCUT2D eigenvalue weighted by molar-refractivity contribution is -0.144. The van der Waals surface area contributed by atoms with E-state index in [-0.39, 0.29) is 22.1 Å². The zero-order valence-electron chi connectivity index (χ0n) is 13.1. The van der Waals surface area contributed by atoms with Gasteiger partial charge in [-0.15, -0.1) is 0 Å². The van der Waals surface area contributed by atoms with Crippen molar-refractivity contribution in [2.75, 3.05) is 25.1 Å². The summed E-state index contributed by atoms with van der Waals surface area (Å²) in [5.74, 6) is -0.423. The minimum atomic E-state index is -3.07. The number of hydrogen-bond acceptors (Lipinski definition) is 3. The summed E-state index contributed by atoms with van der Waals surface area (Å²) in [6.07, 6.45) is 2.64. The first-order chi connectivity index (χ1) is 10.5. The topological polar surface area (TPSA) is 54.5 Å². The fraction of sp³-hybridized carbons (Fsp3) is 0.562. The number of benzene rings is 1. The number of hydrogen-bond donors (Lipinski definition) is 0. The van der Waals surface area contributed by atoms with E-state index in [9.17, 15) is 17.6 Å². The van der Waals surface area contributed by atoms with Gasteiger partial charge in [-0.3, -0.25) is 4.79 Å². The molecule has 1 aromatic carbocycles. The van der Waals surface area contributed by atoms with E-state index >= 15 is 0 Å². The fourth-order valence-corrected chi connectivity index (χ4v) is 5.22. The average molecular weight is 360 g/mol. The van der Waals surface area contributed by atoms with Crippen LogP contribution in [-0.2, 0) is 20.0 Å². The number of likely N-dealkylation sites (tertiary alicyclic amines) is 1. The molecule has 1 aliphatic carbocycles. The summed E-state index contributed by atoms with van der Waals surface area (Å²) in [7, 11) is -3.07. The quantitative estimate of drug-likeness (QED) is 0.829. The van der Waals surface area contributed by atoms with E-state index < -0.39 is 21.1 Å². The van der Waals surface area contributed by atoms with E-state index in [0.717, 1.165) is 5.56 Å². The van der Waals surface area contributed by atoms with E-state index in [4.69, 9.17) is 11.6 Å². The third-order valence-corrected chi connectivity index (χ3v) is 6.19. The third-order valence-electron chi connectivity index (χ3n) is 4.67. The molecule has 7 heteroatoms. The van der Waals surface area contributed by atoms with Gasteiger partial charge in [-0.1, -0.05) is 24.6 Å². The molecule has 1 amide bonds. The highest BCUT2D eigenvalue weighted by Gasteiger charge is 2.56. The molecule has 0 unspecified atom stereocenters. The molecule has 0 bridgehead atoms. The van der Waals surface area contributed by atoms with Crippen molar-refractivity contribution in [1.82, 2.24) is 4.90 Å². The number of amides is 1. The Bertz CT molecular complexity index is 768. The van der Waals surface area contributed by atoms with Crippen molar-refractivity contribution in [2.24, 2.45) is 5.41 Å². The number of sulfone groups is 1. The van der Waals surface area contributed by atoms with Gasteiger partial charge >= 0.3 is 0 Å².